The summed E-state index contributed by atoms with van der Waals surface area (Å²) in [5.41, 5.74) is 3.31. The molecule has 25 heavy (non-hydrogen) atoms. The fourth-order valence-electron chi connectivity index (χ4n) is 3.17. The number of aromatic nitrogens is 4. The lowest BCUT2D eigenvalue weighted by atomic mass is 9.90. The monoisotopic (exact) mass is 335 g/mol. The number of hydrogen-bond acceptors (Lipinski definition) is 5. The fourth-order valence-corrected chi connectivity index (χ4v) is 3.17. The third-order valence-corrected chi connectivity index (χ3v) is 4.40. The van der Waals surface area contributed by atoms with Gasteiger partial charge in [0.2, 0.25) is 0 Å². The number of rotatable bonds is 3. The SMILES string of the molecule is COc1cccc(C2CN(C(=O)c3cnccn3)Cc3[nH]cnc32)c1. The Bertz CT molecular complexity index is 893. The highest BCUT2D eigenvalue weighted by Crippen LogP contribution is 2.33. The summed E-state index contributed by atoms with van der Waals surface area (Å²) in [5, 5.41) is 0. The Morgan fingerprint density at radius 1 is 1.32 bits per heavy atom. The van der Waals surface area contributed by atoms with Gasteiger partial charge in [0, 0.05) is 24.9 Å². The zero-order valence-corrected chi connectivity index (χ0v) is 13.7. The van der Waals surface area contributed by atoms with Crippen LogP contribution in [-0.2, 0) is 6.54 Å². The molecule has 1 aromatic carbocycles. The van der Waals surface area contributed by atoms with Gasteiger partial charge in [-0.2, -0.15) is 0 Å². The number of nitrogens with zero attached hydrogens (tertiary/aromatic N) is 4. The van der Waals surface area contributed by atoms with Crippen molar-refractivity contribution < 1.29 is 9.53 Å². The molecule has 3 aromatic rings. The predicted octanol–water partition coefficient (Wildman–Crippen LogP) is 2.00. The van der Waals surface area contributed by atoms with Gasteiger partial charge in [-0.15, -0.1) is 0 Å². The molecule has 1 unspecified atom stereocenters. The molecule has 0 bridgehead atoms. The smallest absolute Gasteiger partial charge is 0.274 e. The number of aromatic amines is 1. The van der Waals surface area contributed by atoms with E-state index in [0.717, 1.165) is 22.7 Å². The van der Waals surface area contributed by atoms with Gasteiger partial charge in [-0.05, 0) is 17.7 Å². The van der Waals surface area contributed by atoms with Crippen molar-refractivity contribution in [2.24, 2.45) is 0 Å². The second kappa shape index (κ2) is 6.35. The highest BCUT2D eigenvalue weighted by Gasteiger charge is 2.32. The molecule has 126 valence electrons. The lowest BCUT2D eigenvalue weighted by Gasteiger charge is -2.32. The van der Waals surface area contributed by atoms with E-state index in [2.05, 4.69) is 19.9 Å². The Kier molecular flexibility index (Phi) is 3.89. The minimum Gasteiger partial charge on any atom is -0.497 e. The minimum absolute atomic E-state index is 0.0225. The van der Waals surface area contributed by atoms with Crippen LogP contribution in [0.3, 0.4) is 0 Å². The molecule has 0 spiro atoms. The molecule has 0 saturated heterocycles. The Labute approximate surface area is 144 Å². The molecule has 7 nitrogen and oxygen atoms in total. The molecule has 2 aromatic heterocycles. The van der Waals surface area contributed by atoms with Crippen molar-refractivity contribution in [3.63, 3.8) is 0 Å². The molecule has 1 N–H and O–H groups in total. The lowest BCUT2D eigenvalue weighted by molar-refractivity contribution is 0.0715. The van der Waals surface area contributed by atoms with Crippen LogP contribution in [0.25, 0.3) is 0 Å². The summed E-state index contributed by atoms with van der Waals surface area (Å²) in [4.78, 5) is 30.3. The summed E-state index contributed by atoms with van der Waals surface area (Å²) in [5.74, 6) is 0.624. The van der Waals surface area contributed by atoms with Crippen molar-refractivity contribution in [2.45, 2.75) is 12.5 Å². The van der Waals surface area contributed by atoms with Crippen molar-refractivity contribution >= 4 is 5.91 Å². The number of carbonyl (C=O) groups excluding carboxylic acids is 1. The zero-order chi connectivity index (χ0) is 17.2. The highest BCUT2D eigenvalue weighted by molar-refractivity contribution is 5.92. The Hall–Kier alpha value is -3.22. The first-order chi connectivity index (χ1) is 12.3. The number of hydrogen-bond donors (Lipinski definition) is 1. The van der Waals surface area contributed by atoms with E-state index >= 15 is 0 Å². The summed E-state index contributed by atoms with van der Waals surface area (Å²) in [6, 6.07) is 7.87. The van der Waals surface area contributed by atoms with Crippen molar-refractivity contribution in [1.82, 2.24) is 24.8 Å². The average molecular weight is 335 g/mol. The van der Waals surface area contributed by atoms with E-state index in [1.807, 2.05) is 24.3 Å². The number of carbonyl (C=O) groups is 1. The van der Waals surface area contributed by atoms with Gasteiger partial charge in [0.15, 0.2) is 0 Å². The first kappa shape index (κ1) is 15.3. The van der Waals surface area contributed by atoms with E-state index < -0.39 is 0 Å². The summed E-state index contributed by atoms with van der Waals surface area (Å²) >= 11 is 0. The summed E-state index contributed by atoms with van der Waals surface area (Å²) < 4.78 is 5.33. The summed E-state index contributed by atoms with van der Waals surface area (Å²) in [7, 11) is 1.64. The Morgan fingerprint density at radius 2 is 2.24 bits per heavy atom. The van der Waals surface area contributed by atoms with Crippen molar-refractivity contribution in [3.8, 4) is 5.75 Å². The van der Waals surface area contributed by atoms with Crippen molar-refractivity contribution in [2.75, 3.05) is 13.7 Å². The summed E-state index contributed by atoms with van der Waals surface area (Å²) in [6.45, 7) is 1.01. The normalized spacial score (nSPS) is 16.4. The van der Waals surface area contributed by atoms with Crippen molar-refractivity contribution in [1.29, 1.82) is 0 Å². The molecule has 0 saturated carbocycles. The predicted molar refractivity (Wildman–Crippen MR) is 90.2 cm³/mol. The van der Waals surface area contributed by atoms with Gasteiger partial charge in [-0.3, -0.25) is 9.78 Å². The maximum absolute atomic E-state index is 12.8. The maximum Gasteiger partial charge on any atom is 0.274 e. The first-order valence-corrected chi connectivity index (χ1v) is 7.97. The van der Waals surface area contributed by atoms with Gasteiger partial charge in [0.25, 0.3) is 5.91 Å². The van der Waals surface area contributed by atoms with Gasteiger partial charge in [0.05, 0.1) is 37.6 Å². The van der Waals surface area contributed by atoms with E-state index in [9.17, 15) is 4.79 Å². The average Bonchev–Trinajstić information content (AvgIpc) is 3.16. The van der Waals surface area contributed by atoms with Crippen LogP contribution in [0.4, 0.5) is 0 Å². The fraction of sp³-hybridized carbons (Fsp3) is 0.222. The van der Waals surface area contributed by atoms with Gasteiger partial charge in [-0.25, -0.2) is 9.97 Å². The quantitative estimate of drug-likeness (QED) is 0.791. The van der Waals surface area contributed by atoms with Gasteiger partial charge in [-0.1, -0.05) is 12.1 Å². The molecule has 4 rings (SSSR count). The number of imidazole rings is 1. The van der Waals surface area contributed by atoms with Gasteiger partial charge >= 0.3 is 0 Å². The largest absolute Gasteiger partial charge is 0.497 e. The topological polar surface area (TPSA) is 84.0 Å². The Balaban J connectivity index is 1.69. The molecule has 0 aliphatic carbocycles. The maximum atomic E-state index is 12.8. The number of ether oxygens (including phenoxy) is 1. The van der Waals surface area contributed by atoms with Crippen molar-refractivity contribution in [3.05, 3.63) is 71.8 Å². The third-order valence-electron chi connectivity index (χ3n) is 4.40. The molecule has 3 heterocycles. The zero-order valence-electron chi connectivity index (χ0n) is 13.7. The number of H-pyrrole nitrogens is 1. The van der Waals surface area contributed by atoms with Gasteiger partial charge < -0.3 is 14.6 Å². The molecule has 1 aliphatic heterocycles. The minimum atomic E-state index is -0.138. The van der Waals surface area contributed by atoms with Crippen LogP contribution >= 0.6 is 0 Å². The molecular formula is C18H17N5O2. The third kappa shape index (κ3) is 2.84. The second-order valence-corrected chi connectivity index (χ2v) is 5.87. The van der Waals surface area contributed by atoms with E-state index in [1.165, 1.54) is 12.4 Å². The number of benzene rings is 1. The number of nitrogens with one attached hydrogen (secondary N) is 1. The molecule has 1 aliphatic rings. The van der Waals surface area contributed by atoms with Crippen LogP contribution in [0.2, 0.25) is 0 Å². The highest BCUT2D eigenvalue weighted by atomic mass is 16.5. The van der Waals surface area contributed by atoms with Crippen LogP contribution in [0.1, 0.15) is 33.4 Å². The second-order valence-electron chi connectivity index (χ2n) is 5.87. The molecule has 1 amide bonds. The Morgan fingerprint density at radius 3 is 3.04 bits per heavy atom. The first-order valence-electron chi connectivity index (χ1n) is 7.97. The van der Waals surface area contributed by atoms with Crippen LogP contribution in [-0.4, -0.2) is 44.4 Å². The number of methoxy groups -OCH3 is 1. The van der Waals surface area contributed by atoms with Crippen LogP contribution in [0.15, 0.2) is 49.2 Å². The molecular weight excluding hydrogens is 318 g/mol. The number of fused-ring (bicyclic) bond motifs is 1. The van der Waals surface area contributed by atoms with Gasteiger partial charge in [0.1, 0.15) is 11.4 Å². The number of amides is 1. The molecule has 7 heteroatoms. The lowest BCUT2D eigenvalue weighted by Crippen LogP contribution is -2.39. The standard InChI is InChI=1S/C18H17N5O2/c1-25-13-4-2-3-12(7-13)14-9-23(10-16-17(14)22-11-21-16)18(24)15-8-19-5-6-20-15/h2-8,11,14H,9-10H2,1H3,(H,21,22). The van der Waals surface area contributed by atoms with Crippen LogP contribution in [0.5, 0.6) is 5.75 Å². The van der Waals surface area contributed by atoms with E-state index in [0.29, 0.717) is 18.8 Å². The van der Waals surface area contributed by atoms with E-state index in [1.54, 1.807) is 24.5 Å². The van der Waals surface area contributed by atoms with E-state index in [4.69, 9.17) is 4.74 Å². The summed E-state index contributed by atoms with van der Waals surface area (Å²) in [6.07, 6.45) is 6.25. The molecule has 0 fully saturated rings. The molecule has 1 atom stereocenters. The van der Waals surface area contributed by atoms with E-state index in [-0.39, 0.29) is 11.8 Å². The molecule has 0 radical (unpaired) electrons. The van der Waals surface area contributed by atoms with Crippen LogP contribution < -0.4 is 4.74 Å². The van der Waals surface area contributed by atoms with Crippen LogP contribution in [0, 0.1) is 0 Å².